The molecule has 3 atom stereocenters. The van der Waals surface area contributed by atoms with Gasteiger partial charge in [0.25, 0.3) is 0 Å². The summed E-state index contributed by atoms with van der Waals surface area (Å²) in [5.41, 5.74) is 0. The van der Waals surface area contributed by atoms with Gasteiger partial charge in [0, 0.05) is 12.2 Å². The van der Waals surface area contributed by atoms with Crippen LogP contribution in [0.1, 0.15) is 25.7 Å². The van der Waals surface area contributed by atoms with Gasteiger partial charge in [-0.1, -0.05) is 6.42 Å². The van der Waals surface area contributed by atoms with Gasteiger partial charge in [-0.3, -0.25) is 4.79 Å². The van der Waals surface area contributed by atoms with Gasteiger partial charge in [-0.05, 0) is 12.8 Å². The zero-order valence-corrected chi connectivity index (χ0v) is 11.0. The molecular formula is C11H17FN2O3S. The average Bonchev–Trinajstić information content (AvgIpc) is 2.77. The Hall–Kier alpha value is -0.980. The number of carbonyl (C=O) groups is 2. The molecular weight excluding hydrogens is 259 g/mol. The van der Waals surface area contributed by atoms with E-state index in [9.17, 15) is 14.0 Å². The number of fused-ring (bicyclic) bond motifs is 1. The van der Waals surface area contributed by atoms with Gasteiger partial charge in [-0.25, -0.2) is 9.18 Å². The highest BCUT2D eigenvalue weighted by Gasteiger charge is 2.57. The van der Waals surface area contributed by atoms with Crippen LogP contribution in [0.15, 0.2) is 0 Å². The van der Waals surface area contributed by atoms with Crippen molar-refractivity contribution in [2.45, 2.75) is 42.8 Å². The number of nitrogens with one attached hydrogen (secondary N) is 2. The lowest BCUT2D eigenvalue weighted by Gasteiger charge is -2.24. The molecule has 0 aromatic rings. The molecule has 7 heteroatoms. The molecule has 2 N–H and O–H groups in total. The first-order chi connectivity index (χ1) is 8.56. The number of hydrogen-bond donors (Lipinski definition) is 2. The molecule has 0 unspecified atom stereocenters. The molecule has 2 aliphatic rings. The Morgan fingerprint density at radius 1 is 1.61 bits per heavy atom. The standard InChI is InChI=1S/C11H17FN2O3S/c1-17-9(15)5-3-2-4-8-11(12)7(6-18-8)13-10(16)14-11/h7-8H,2-6H2,1H3,(H2,13,14,16)/t7-,8-,11-/m0/s1. The molecule has 0 radical (unpaired) electrons. The van der Waals surface area contributed by atoms with E-state index in [0.29, 0.717) is 25.0 Å². The fourth-order valence-corrected chi connectivity index (χ4v) is 3.91. The quantitative estimate of drug-likeness (QED) is 0.342. The molecule has 2 aliphatic heterocycles. The first-order valence-corrected chi connectivity index (χ1v) is 7.07. The zero-order chi connectivity index (χ0) is 13.2. The van der Waals surface area contributed by atoms with Crippen LogP contribution in [-0.2, 0) is 9.53 Å². The molecule has 0 aliphatic carbocycles. The number of rotatable bonds is 5. The minimum atomic E-state index is -1.63. The van der Waals surface area contributed by atoms with E-state index in [0.717, 1.165) is 6.42 Å². The van der Waals surface area contributed by atoms with E-state index in [1.54, 1.807) is 0 Å². The Morgan fingerprint density at radius 2 is 2.39 bits per heavy atom. The van der Waals surface area contributed by atoms with Gasteiger partial charge in [0.05, 0.1) is 18.4 Å². The maximum absolute atomic E-state index is 14.6. The van der Waals surface area contributed by atoms with Gasteiger partial charge in [-0.2, -0.15) is 11.8 Å². The summed E-state index contributed by atoms with van der Waals surface area (Å²) in [5, 5.41) is 4.72. The molecule has 2 rings (SSSR count). The largest absolute Gasteiger partial charge is 0.469 e. The molecule has 5 nitrogen and oxygen atoms in total. The maximum Gasteiger partial charge on any atom is 0.317 e. The molecule has 2 saturated heterocycles. The second-order valence-electron chi connectivity index (χ2n) is 4.56. The van der Waals surface area contributed by atoms with Crippen molar-refractivity contribution in [3.05, 3.63) is 0 Å². The summed E-state index contributed by atoms with van der Waals surface area (Å²) < 4.78 is 19.1. The predicted octanol–water partition coefficient (Wildman–Crippen LogP) is 1.18. The van der Waals surface area contributed by atoms with Crippen LogP contribution in [-0.4, -0.2) is 41.9 Å². The highest BCUT2D eigenvalue weighted by atomic mass is 32.2. The average molecular weight is 276 g/mol. The summed E-state index contributed by atoms with van der Waals surface area (Å²) in [7, 11) is 1.36. The number of unbranched alkanes of at least 4 members (excludes halogenated alkanes) is 1. The molecule has 102 valence electrons. The summed E-state index contributed by atoms with van der Waals surface area (Å²) in [6.07, 6.45) is 2.45. The number of methoxy groups -OCH3 is 1. The topological polar surface area (TPSA) is 67.4 Å². The monoisotopic (exact) mass is 276 g/mol. The van der Waals surface area contributed by atoms with E-state index >= 15 is 0 Å². The van der Waals surface area contributed by atoms with Crippen molar-refractivity contribution in [2.75, 3.05) is 12.9 Å². The minimum Gasteiger partial charge on any atom is -0.469 e. The second kappa shape index (κ2) is 5.34. The second-order valence-corrected chi connectivity index (χ2v) is 5.80. The number of esters is 1. The minimum absolute atomic E-state index is 0.237. The first kappa shape index (κ1) is 13.5. The fourth-order valence-electron chi connectivity index (χ4n) is 2.36. The molecule has 0 aromatic heterocycles. The summed E-state index contributed by atoms with van der Waals surface area (Å²) in [6, 6.07) is -0.858. The van der Waals surface area contributed by atoms with Gasteiger partial charge in [-0.15, -0.1) is 0 Å². The number of amides is 2. The van der Waals surface area contributed by atoms with E-state index in [-0.39, 0.29) is 11.2 Å². The van der Waals surface area contributed by atoms with Crippen molar-refractivity contribution in [1.29, 1.82) is 0 Å². The number of carbonyl (C=O) groups excluding carboxylic acids is 2. The third-order valence-corrected chi connectivity index (χ3v) is 4.88. The maximum atomic E-state index is 14.6. The molecule has 0 spiro atoms. The Labute approximate surface area is 109 Å². The third-order valence-electron chi connectivity index (χ3n) is 3.38. The van der Waals surface area contributed by atoms with Crippen LogP contribution in [0.3, 0.4) is 0 Å². The lowest BCUT2D eigenvalue weighted by Crippen LogP contribution is -2.49. The summed E-state index contributed by atoms with van der Waals surface area (Å²) >= 11 is 1.53. The van der Waals surface area contributed by atoms with E-state index < -0.39 is 17.9 Å². The van der Waals surface area contributed by atoms with Gasteiger partial charge < -0.3 is 15.4 Å². The SMILES string of the molecule is COC(=O)CCCC[C@@H]1SC[C@@H]2NC(=O)N[C@@]21F. The first-order valence-electron chi connectivity index (χ1n) is 6.02. The molecule has 18 heavy (non-hydrogen) atoms. The number of urea groups is 1. The van der Waals surface area contributed by atoms with Gasteiger partial charge in [0.2, 0.25) is 5.79 Å². The van der Waals surface area contributed by atoms with Gasteiger partial charge in [0.1, 0.15) is 0 Å². The Bertz CT molecular complexity index is 355. The third kappa shape index (κ3) is 2.55. The number of halogens is 1. The van der Waals surface area contributed by atoms with Gasteiger partial charge >= 0.3 is 12.0 Å². The Balaban J connectivity index is 1.77. The number of thioether (sulfide) groups is 1. The van der Waals surface area contributed by atoms with Crippen molar-refractivity contribution >= 4 is 23.8 Å². The van der Waals surface area contributed by atoms with E-state index in [1.165, 1.54) is 18.9 Å². The summed E-state index contributed by atoms with van der Waals surface area (Å²) in [4.78, 5) is 22.1. The highest BCUT2D eigenvalue weighted by Crippen LogP contribution is 2.42. The predicted molar refractivity (Wildman–Crippen MR) is 66.0 cm³/mol. The lowest BCUT2D eigenvalue weighted by atomic mass is 10.0. The smallest absolute Gasteiger partial charge is 0.317 e. The normalized spacial score (nSPS) is 33.8. The molecule has 2 amide bonds. The van der Waals surface area contributed by atoms with Gasteiger partial charge in [0.15, 0.2) is 0 Å². The lowest BCUT2D eigenvalue weighted by molar-refractivity contribution is -0.140. The van der Waals surface area contributed by atoms with Crippen LogP contribution in [0.25, 0.3) is 0 Å². The van der Waals surface area contributed by atoms with Crippen LogP contribution in [0.4, 0.5) is 9.18 Å². The van der Waals surface area contributed by atoms with Crippen LogP contribution < -0.4 is 10.6 Å². The van der Waals surface area contributed by atoms with Crippen LogP contribution in [0, 0.1) is 0 Å². The van der Waals surface area contributed by atoms with Crippen molar-refractivity contribution in [3.63, 3.8) is 0 Å². The fraction of sp³-hybridized carbons (Fsp3) is 0.818. The van der Waals surface area contributed by atoms with Crippen molar-refractivity contribution in [3.8, 4) is 0 Å². The van der Waals surface area contributed by atoms with E-state index in [4.69, 9.17) is 0 Å². The molecule has 2 heterocycles. The highest BCUT2D eigenvalue weighted by molar-refractivity contribution is 8.00. The number of ether oxygens (including phenoxy) is 1. The molecule has 0 bridgehead atoms. The van der Waals surface area contributed by atoms with Crippen molar-refractivity contribution in [1.82, 2.24) is 10.6 Å². The number of hydrogen-bond acceptors (Lipinski definition) is 4. The molecule has 0 saturated carbocycles. The Kier molecular flexibility index (Phi) is 3.99. The van der Waals surface area contributed by atoms with Crippen LogP contribution in [0.2, 0.25) is 0 Å². The van der Waals surface area contributed by atoms with E-state index in [2.05, 4.69) is 15.4 Å². The van der Waals surface area contributed by atoms with E-state index in [1.807, 2.05) is 0 Å². The molecule has 0 aromatic carbocycles. The van der Waals surface area contributed by atoms with Crippen molar-refractivity contribution < 1.29 is 18.7 Å². The summed E-state index contributed by atoms with van der Waals surface area (Å²) in [6.45, 7) is 0. The van der Waals surface area contributed by atoms with Crippen LogP contribution in [0.5, 0.6) is 0 Å². The summed E-state index contributed by atoms with van der Waals surface area (Å²) in [5.74, 6) is -1.28. The number of alkyl halides is 1. The van der Waals surface area contributed by atoms with Crippen LogP contribution >= 0.6 is 11.8 Å². The Morgan fingerprint density at radius 3 is 3.11 bits per heavy atom. The van der Waals surface area contributed by atoms with Crippen molar-refractivity contribution in [2.24, 2.45) is 0 Å². The molecule has 2 fully saturated rings. The zero-order valence-electron chi connectivity index (χ0n) is 10.2.